The highest BCUT2D eigenvalue weighted by Crippen LogP contribution is 2.44. The number of hydrogen-bond acceptors (Lipinski definition) is 2. The molecule has 0 spiro atoms. The van der Waals surface area contributed by atoms with Crippen LogP contribution < -0.4 is 0 Å². The fourth-order valence-corrected chi connectivity index (χ4v) is 5.01. The summed E-state index contributed by atoms with van der Waals surface area (Å²) in [6.07, 6.45) is 20.1. The number of carbonyl (C=O) groups excluding carboxylic acids is 1. The van der Waals surface area contributed by atoms with Crippen molar-refractivity contribution in [2.24, 2.45) is 11.8 Å². The van der Waals surface area contributed by atoms with Gasteiger partial charge >= 0.3 is 5.97 Å². The van der Waals surface area contributed by atoms with Crippen molar-refractivity contribution < 1.29 is 9.53 Å². The number of carbonyl (C=O) groups is 1. The van der Waals surface area contributed by atoms with Crippen LogP contribution in [0.3, 0.4) is 0 Å². The lowest BCUT2D eigenvalue weighted by molar-refractivity contribution is -0.166. The van der Waals surface area contributed by atoms with Crippen molar-refractivity contribution in [3.63, 3.8) is 0 Å². The van der Waals surface area contributed by atoms with Gasteiger partial charge in [-0.2, -0.15) is 0 Å². The quantitative estimate of drug-likeness (QED) is 0.341. The summed E-state index contributed by atoms with van der Waals surface area (Å²) in [4.78, 5) is 12.0. The van der Waals surface area contributed by atoms with E-state index in [1.54, 1.807) is 0 Å². The molecule has 2 rings (SSSR count). The summed E-state index contributed by atoms with van der Waals surface area (Å²) in [7, 11) is 0. The van der Waals surface area contributed by atoms with Crippen LogP contribution in [0.2, 0.25) is 0 Å². The molecule has 0 unspecified atom stereocenters. The molecule has 0 N–H and O–H groups in total. The van der Waals surface area contributed by atoms with Gasteiger partial charge in [0.1, 0.15) is 5.60 Å². The van der Waals surface area contributed by atoms with Crippen molar-refractivity contribution in [3.8, 4) is 0 Å². The molecule has 0 radical (unpaired) electrons. The van der Waals surface area contributed by atoms with Gasteiger partial charge in [0.15, 0.2) is 0 Å². The molecule has 0 saturated heterocycles. The standard InChI is InChI=1S/C22H40O2/c1-3-5-6-7-11-16-22(24-21(23)4-2)17-14-20(15-18-22)19-12-9-8-10-13-19/h19-20H,3-18H2,1-2H3. The zero-order chi connectivity index (χ0) is 17.3. The first kappa shape index (κ1) is 19.8. The number of rotatable bonds is 9. The van der Waals surface area contributed by atoms with Crippen molar-refractivity contribution in [2.45, 2.75) is 122 Å². The summed E-state index contributed by atoms with van der Waals surface area (Å²) in [5, 5.41) is 0. The van der Waals surface area contributed by atoms with Gasteiger partial charge in [0.25, 0.3) is 0 Å². The number of unbranched alkanes of at least 4 members (excludes halogenated alkanes) is 4. The zero-order valence-electron chi connectivity index (χ0n) is 16.3. The van der Waals surface area contributed by atoms with E-state index in [9.17, 15) is 4.79 Å². The van der Waals surface area contributed by atoms with Gasteiger partial charge < -0.3 is 4.74 Å². The van der Waals surface area contributed by atoms with E-state index in [-0.39, 0.29) is 11.6 Å². The van der Waals surface area contributed by atoms with E-state index in [1.165, 1.54) is 77.0 Å². The summed E-state index contributed by atoms with van der Waals surface area (Å²) in [5.41, 5.74) is -0.121. The maximum Gasteiger partial charge on any atom is 0.306 e. The van der Waals surface area contributed by atoms with Crippen LogP contribution in [-0.2, 0) is 9.53 Å². The molecule has 140 valence electrons. The molecule has 0 atom stereocenters. The Hall–Kier alpha value is -0.530. The van der Waals surface area contributed by atoms with Gasteiger partial charge in [-0.15, -0.1) is 0 Å². The summed E-state index contributed by atoms with van der Waals surface area (Å²) in [6.45, 7) is 4.18. The van der Waals surface area contributed by atoms with E-state index in [0.717, 1.165) is 31.1 Å². The molecule has 2 aliphatic carbocycles. The van der Waals surface area contributed by atoms with Crippen LogP contribution in [0.4, 0.5) is 0 Å². The molecular weight excluding hydrogens is 296 g/mol. The van der Waals surface area contributed by atoms with Crippen LogP contribution in [0.25, 0.3) is 0 Å². The van der Waals surface area contributed by atoms with Crippen LogP contribution in [0.5, 0.6) is 0 Å². The smallest absolute Gasteiger partial charge is 0.306 e. The molecule has 0 aromatic heterocycles. The molecule has 0 amide bonds. The first-order valence-corrected chi connectivity index (χ1v) is 10.9. The van der Waals surface area contributed by atoms with E-state index in [1.807, 2.05) is 6.92 Å². The maximum atomic E-state index is 12.0. The minimum atomic E-state index is -0.121. The van der Waals surface area contributed by atoms with Crippen molar-refractivity contribution >= 4 is 5.97 Å². The summed E-state index contributed by atoms with van der Waals surface area (Å²) in [6, 6.07) is 0. The molecule has 0 bridgehead atoms. The first-order chi connectivity index (χ1) is 11.7. The molecule has 0 heterocycles. The van der Waals surface area contributed by atoms with E-state index in [2.05, 4.69) is 6.92 Å². The summed E-state index contributed by atoms with van der Waals surface area (Å²) >= 11 is 0. The fourth-order valence-electron chi connectivity index (χ4n) is 5.01. The second kappa shape index (κ2) is 10.5. The van der Waals surface area contributed by atoms with Crippen LogP contribution >= 0.6 is 0 Å². The summed E-state index contributed by atoms with van der Waals surface area (Å²) in [5.74, 6) is 1.88. The maximum absolute atomic E-state index is 12.0. The van der Waals surface area contributed by atoms with E-state index in [4.69, 9.17) is 4.74 Å². The summed E-state index contributed by atoms with van der Waals surface area (Å²) < 4.78 is 6.03. The van der Waals surface area contributed by atoms with Crippen LogP contribution in [0.15, 0.2) is 0 Å². The van der Waals surface area contributed by atoms with E-state index in [0.29, 0.717) is 6.42 Å². The third-order valence-corrected chi connectivity index (χ3v) is 6.61. The minimum absolute atomic E-state index is 0.0136. The predicted octanol–water partition coefficient (Wildman–Crippen LogP) is 6.81. The highest BCUT2D eigenvalue weighted by atomic mass is 16.6. The van der Waals surface area contributed by atoms with Crippen molar-refractivity contribution in [1.29, 1.82) is 0 Å². The fraction of sp³-hybridized carbons (Fsp3) is 0.955. The Bertz CT molecular complexity index is 349. The molecule has 2 heteroatoms. The van der Waals surface area contributed by atoms with Crippen molar-refractivity contribution in [1.82, 2.24) is 0 Å². The van der Waals surface area contributed by atoms with E-state index < -0.39 is 0 Å². The Morgan fingerprint density at radius 2 is 1.50 bits per heavy atom. The Kier molecular flexibility index (Phi) is 8.62. The molecule has 0 aromatic rings. The van der Waals surface area contributed by atoms with Crippen LogP contribution in [0, 0.1) is 11.8 Å². The van der Waals surface area contributed by atoms with Gasteiger partial charge in [0.2, 0.25) is 0 Å². The third kappa shape index (κ3) is 6.08. The third-order valence-electron chi connectivity index (χ3n) is 6.61. The predicted molar refractivity (Wildman–Crippen MR) is 101 cm³/mol. The highest BCUT2D eigenvalue weighted by molar-refractivity contribution is 5.69. The largest absolute Gasteiger partial charge is 0.459 e. The monoisotopic (exact) mass is 336 g/mol. The molecule has 0 aromatic carbocycles. The van der Waals surface area contributed by atoms with Crippen LogP contribution in [-0.4, -0.2) is 11.6 Å². The van der Waals surface area contributed by atoms with Gasteiger partial charge in [-0.25, -0.2) is 0 Å². The number of hydrogen-bond donors (Lipinski definition) is 0. The van der Waals surface area contributed by atoms with E-state index >= 15 is 0 Å². The molecule has 0 aliphatic heterocycles. The first-order valence-electron chi connectivity index (χ1n) is 10.9. The lowest BCUT2D eigenvalue weighted by atomic mass is 9.68. The Morgan fingerprint density at radius 3 is 2.12 bits per heavy atom. The Morgan fingerprint density at radius 1 is 0.875 bits per heavy atom. The second-order valence-electron chi connectivity index (χ2n) is 8.41. The SMILES string of the molecule is CCCCCCCC1(OC(=O)CC)CCC(C2CCCCC2)CC1. The van der Waals surface area contributed by atoms with Crippen LogP contribution in [0.1, 0.15) is 117 Å². The minimum Gasteiger partial charge on any atom is -0.459 e. The normalized spacial score (nSPS) is 28.7. The van der Waals surface area contributed by atoms with Gasteiger partial charge in [0.05, 0.1) is 0 Å². The number of ether oxygens (including phenoxy) is 1. The Labute approximate surface area is 150 Å². The lowest BCUT2D eigenvalue weighted by Crippen LogP contribution is -2.40. The van der Waals surface area contributed by atoms with Gasteiger partial charge in [-0.05, 0) is 50.4 Å². The second-order valence-corrected chi connectivity index (χ2v) is 8.41. The lowest BCUT2D eigenvalue weighted by Gasteiger charge is -2.42. The Balaban J connectivity index is 1.84. The van der Waals surface area contributed by atoms with Crippen molar-refractivity contribution in [2.75, 3.05) is 0 Å². The van der Waals surface area contributed by atoms with Crippen molar-refractivity contribution in [3.05, 3.63) is 0 Å². The average Bonchev–Trinajstić information content (AvgIpc) is 2.63. The molecule has 2 nitrogen and oxygen atoms in total. The molecule has 2 aliphatic rings. The van der Waals surface area contributed by atoms with Gasteiger partial charge in [0, 0.05) is 6.42 Å². The molecule has 2 fully saturated rings. The average molecular weight is 337 g/mol. The van der Waals surface area contributed by atoms with Gasteiger partial charge in [-0.1, -0.05) is 71.6 Å². The molecular formula is C22H40O2. The number of esters is 1. The highest BCUT2D eigenvalue weighted by Gasteiger charge is 2.40. The zero-order valence-corrected chi connectivity index (χ0v) is 16.3. The molecule has 2 saturated carbocycles. The molecule has 24 heavy (non-hydrogen) atoms. The van der Waals surface area contributed by atoms with Gasteiger partial charge in [-0.3, -0.25) is 4.79 Å². The topological polar surface area (TPSA) is 26.3 Å².